The summed E-state index contributed by atoms with van der Waals surface area (Å²) in [5.74, 6) is 1.72. The number of nitrogens with zero attached hydrogens (tertiary/aromatic N) is 1. The molecule has 2 aromatic rings. The normalized spacial score (nSPS) is 10.7. The van der Waals surface area contributed by atoms with Crippen LogP contribution < -0.4 is 15.4 Å². The van der Waals surface area contributed by atoms with Gasteiger partial charge in [-0.15, -0.1) is 24.0 Å². The van der Waals surface area contributed by atoms with E-state index >= 15 is 0 Å². The number of nitrogens with one attached hydrogen (secondary N) is 2. The van der Waals surface area contributed by atoms with Crippen LogP contribution in [0.1, 0.15) is 11.1 Å². The molecule has 2 rings (SSSR count). The van der Waals surface area contributed by atoms with Gasteiger partial charge in [-0.05, 0) is 46.5 Å². The summed E-state index contributed by atoms with van der Waals surface area (Å²) in [7, 11) is 3.47. The molecule has 0 aliphatic rings. The lowest BCUT2D eigenvalue weighted by Gasteiger charge is -2.11. The second kappa shape index (κ2) is 10.4. The van der Waals surface area contributed by atoms with Gasteiger partial charge in [0, 0.05) is 20.1 Å². The summed E-state index contributed by atoms with van der Waals surface area (Å²) in [5.41, 5.74) is 2.55. The maximum absolute atomic E-state index is 5.15. The molecule has 120 valence electrons. The van der Waals surface area contributed by atoms with Crippen LogP contribution in [-0.2, 0) is 13.0 Å². The quantitative estimate of drug-likeness (QED) is 0.419. The van der Waals surface area contributed by atoms with E-state index in [-0.39, 0.29) is 24.0 Å². The summed E-state index contributed by atoms with van der Waals surface area (Å²) in [6.45, 7) is 1.64. The van der Waals surface area contributed by atoms with Crippen LogP contribution in [0.5, 0.6) is 5.75 Å². The number of guanidine groups is 1. The first-order valence-corrected chi connectivity index (χ1v) is 7.84. The lowest BCUT2D eigenvalue weighted by Crippen LogP contribution is -2.37. The summed E-state index contributed by atoms with van der Waals surface area (Å²) in [6, 6.07) is 10.3. The lowest BCUT2D eigenvalue weighted by molar-refractivity contribution is 0.414. The highest BCUT2D eigenvalue weighted by atomic mass is 127. The molecule has 22 heavy (non-hydrogen) atoms. The average molecular weight is 431 g/mol. The van der Waals surface area contributed by atoms with Crippen molar-refractivity contribution in [2.24, 2.45) is 4.99 Å². The number of methoxy groups -OCH3 is 1. The van der Waals surface area contributed by atoms with E-state index in [4.69, 9.17) is 4.74 Å². The molecular weight excluding hydrogens is 409 g/mol. The summed E-state index contributed by atoms with van der Waals surface area (Å²) in [6.07, 6.45) is 0.948. The first-order valence-electron chi connectivity index (χ1n) is 6.90. The fourth-order valence-corrected chi connectivity index (χ4v) is 2.59. The topological polar surface area (TPSA) is 45.7 Å². The van der Waals surface area contributed by atoms with Crippen molar-refractivity contribution in [1.82, 2.24) is 10.6 Å². The zero-order chi connectivity index (χ0) is 14.9. The molecule has 1 aromatic carbocycles. The van der Waals surface area contributed by atoms with Crippen LogP contribution in [0.3, 0.4) is 0 Å². The van der Waals surface area contributed by atoms with Crippen molar-refractivity contribution in [3.63, 3.8) is 0 Å². The number of aliphatic imine (C=N–C) groups is 1. The van der Waals surface area contributed by atoms with Gasteiger partial charge in [0.2, 0.25) is 0 Å². The summed E-state index contributed by atoms with van der Waals surface area (Å²) < 4.78 is 5.15. The van der Waals surface area contributed by atoms with Crippen molar-refractivity contribution in [2.45, 2.75) is 13.0 Å². The molecule has 6 heteroatoms. The maximum Gasteiger partial charge on any atom is 0.191 e. The van der Waals surface area contributed by atoms with E-state index in [9.17, 15) is 0 Å². The van der Waals surface area contributed by atoms with E-state index in [0.717, 1.165) is 31.2 Å². The molecule has 0 saturated carbocycles. The van der Waals surface area contributed by atoms with Crippen LogP contribution in [0.15, 0.2) is 46.1 Å². The summed E-state index contributed by atoms with van der Waals surface area (Å²) in [4.78, 5) is 4.22. The number of halogens is 1. The molecule has 0 radical (unpaired) electrons. The van der Waals surface area contributed by atoms with Crippen LogP contribution in [0.2, 0.25) is 0 Å². The molecule has 2 N–H and O–H groups in total. The van der Waals surface area contributed by atoms with E-state index in [1.165, 1.54) is 11.1 Å². The van der Waals surface area contributed by atoms with E-state index in [2.05, 4.69) is 44.6 Å². The number of hydrogen-bond donors (Lipinski definition) is 2. The Kier molecular flexibility index (Phi) is 8.91. The highest BCUT2D eigenvalue weighted by Gasteiger charge is 1.99. The van der Waals surface area contributed by atoms with Crippen molar-refractivity contribution in [2.75, 3.05) is 20.7 Å². The third-order valence-corrected chi connectivity index (χ3v) is 3.86. The van der Waals surface area contributed by atoms with Crippen molar-refractivity contribution in [3.05, 3.63) is 52.2 Å². The number of ether oxygens (including phenoxy) is 1. The molecule has 0 amide bonds. The molecule has 1 aromatic heterocycles. The molecule has 0 unspecified atom stereocenters. The van der Waals surface area contributed by atoms with Crippen molar-refractivity contribution in [1.29, 1.82) is 0 Å². The summed E-state index contributed by atoms with van der Waals surface area (Å²) in [5, 5.41) is 10.8. The van der Waals surface area contributed by atoms with Crippen molar-refractivity contribution < 1.29 is 4.74 Å². The van der Waals surface area contributed by atoms with Gasteiger partial charge in [0.1, 0.15) is 5.75 Å². The Morgan fingerprint density at radius 1 is 1.14 bits per heavy atom. The second-order valence-electron chi connectivity index (χ2n) is 4.58. The standard InChI is InChI=1S/C16H21N3OS.HI/c1-17-16(19-11-14-8-10-21-12-14)18-9-7-13-3-5-15(20-2)6-4-13;/h3-6,8,10,12H,7,9,11H2,1-2H3,(H2,17,18,19);1H. The first kappa shape index (κ1) is 18.8. The Bertz CT molecular complexity index is 555. The minimum absolute atomic E-state index is 0. The Morgan fingerprint density at radius 3 is 2.50 bits per heavy atom. The van der Waals surface area contributed by atoms with Gasteiger partial charge in [-0.3, -0.25) is 4.99 Å². The minimum atomic E-state index is 0. The van der Waals surface area contributed by atoms with E-state index in [0.29, 0.717) is 0 Å². The Balaban J connectivity index is 0.00000242. The van der Waals surface area contributed by atoms with Gasteiger partial charge in [-0.25, -0.2) is 0 Å². The van der Waals surface area contributed by atoms with Crippen molar-refractivity contribution >= 4 is 41.3 Å². The largest absolute Gasteiger partial charge is 0.497 e. The SMILES string of the molecule is CN=C(NCCc1ccc(OC)cc1)NCc1ccsc1.I. The third-order valence-electron chi connectivity index (χ3n) is 3.13. The maximum atomic E-state index is 5.15. The van der Waals surface area contributed by atoms with Crippen LogP contribution in [-0.4, -0.2) is 26.7 Å². The van der Waals surface area contributed by atoms with E-state index in [1.54, 1.807) is 25.5 Å². The lowest BCUT2D eigenvalue weighted by atomic mass is 10.1. The monoisotopic (exact) mass is 431 g/mol. The highest BCUT2D eigenvalue weighted by Crippen LogP contribution is 2.11. The van der Waals surface area contributed by atoms with Crippen LogP contribution in [0, 0.1) is 0 Å². The van der Waals surface area contributed by atoms with Crippen LogP contribution in [0.25, 0.3) is 0 Å². The van der Waals surface area contributed by atoms with Gasteiger partial charge < -0.3 is 15.4 Å². The van der Waals surface area contributed by atoms with E-state index < -0.39 is 0 Å². The van der Waals surface area contributed by atoms with E-state index in [1.807, 2.05) is 12.1 Å². The second-order valence-corrected chi connectivity index (χ2v) is 5.36. The number of rotatable bonds is 6. The molecule has 0 fully saturated rings. The minimum Gasteiger partial charge on any atom is -0.497 e. The van der Waals surface area contributed by atoms with Gasteiger partial charge in [0.25, 0.3) is 0 Å². The third kappa shape index (κ3) is 6.23. The Morgan fingerprint density at radius 2 is 1.91 bits per heavy atom. The molecule has 0 atom stereocenters. The fraction of sp³-hybridized carbons (Fsp3) is 0.312. The predicted octanol–water partition coefficient (Wildman–Crippen LogP) is 3.28. The van der Waals surface area contributed by atoms with Gasteiger partial charge in [0.15, 0.2) is 5.96 Å². The molecule has 0 aliphatic heterocycles. The Hall–Kier alpha value is -1.28. The molecule has 0 spiro atoms. The summed E-state index contributed by atoms with van der Waals surface area (Å²) >= 11 is 1.71. The van der Waals surface area contributed by atoms with Gasteiger partial charge in [-0.1, -0.05) is 12.1 Å². The molecule has 1 heterocycles. The van der Waals surface area contributed by atoms with Crippen molar-refractivity contribution in [3.8, 4) is 5.75 Å². The highest BCUT2D eigenvalue weighted by molar-refractivity contribution is 14.0. The van der Waals surface area contributed by atoms with Gasteiger partial charge >= 0.3 is 0 Å². The number of hydrogen-bond acceptors (Lipinski definition) is 3. The smallest absolute Gasteiger partial charge is 0.191 e. The number of thiophene rings is 1. The first-order chi connectivity index (χ1) is 10.3. The molecule has 0 aliphatic carbocycles. The van der Waals surface area contributed by atoms with Gasteiger partial charge in [-0.2, -0.15) is 11.3 Å². The molecule has 0 saturated heterocycles. The predicted molar refractivity (Wildman–Crippen MR) is 105 cm³/mol. The zero-order valence-electron chi connectivity index (χ0n) is 12.8. The molecule has 0 bridgehead atoms. The number of benzene rings is 1. The van der Waals surface area contributed by atoms with Crippen LogP contribution >= 0.6 is 35.3 Å². The zero-order valence-corrected chi connectivity index (χ0v) is 16.0. The fourth-order valence-electron chi connectivity index (χ4n) is 1.92. The molecule has 4 nitrogen and oxygen atoms in total. The average Bonchev–Trinajstić information content (AvgIpc) is 3.04. The van der Waals surface area contributed by atoms with Gasteiger partial charge in [0.05, 0.1) is 7.11 Å². The molecular formula is C16H22IN3OS. The Labute approximate surface area is 153 Å². The van der Waals surface area contributed by atoms with Crippen LogP contribution in [0.4, 0.5) is 0 Å².